The van der Waals surface area contributed by atoms with Crippen molar-refractivity contribution < 1.29 is 13.2 Å². The fourth-order valence-electron chi connectivity index (χ4n) is 1.74. The minimum atomic E-state index is -2.94. The first kappa shape index (κ1) is 11.1. The van der Waals surface area contributed by atoms with E-state index in [0.29, 0.717) is 6.42 Å². The molecule has 1 fully saturated rings. The summed E-state index contributed by atoms with van der Waals surface area (Å²) in [7, 11) is -2.94. The fraction of sp³-hybridized carbons (Fsp3) is 0.556. The quantitative estimate of drug-likeness (QED) is 0.731. The number of rotatable bonds is 3. The molecule has 1 unspecified atom stereocenters. The van der Waals surface area contributed by atoms with Crippen LogP contribution in [0.15, 0.2) is 12.3 Å². The van der Waals surface area contributed by atoms with E-state index in [2.05, 4.69) is 15.5 Å². The smallest absolute Gasteiger partial charge is 0.226 e. The van der Waals surface area contributed by atoms with Crippen LogP contribution in [0.25, 0.3) is 0 Å². The van der Waals surface area contributed by atoms with Crippen LogP contribution in [0.3, 0.4) is 0 Å². The highest BCUT2D eigenvalue weighted by Crippen LogP contribution is 2.11. The second-order valence-corrected chi connectivity index (χ2v) is 6.15. The minimum Gasteiger partial charge on any atom is -0.352 e. The van der Waals surface area contributed by atoms with Gasteiger partial charge < -0.3 is 5.32 Å². The monoisotopic (exact) mass is 243 g/mol. The Kier molecular flexibility index (Phi) is 2.95. The van der Waals surface area contributed by atoms with Gasteiger partial charge in [-0.1, -0.05) is 0 Å². The number of carbonyl (C=O) groups is 1. The van der Waals surface area contributed by atoms with Crippen LogP contribution in [0.4, 0.5) is 0 Å². The molecule has 0 radical (unpaired) electrons. The predicted molar refractivity (Wildman–Crippen MR) is 57.5 cm³/mol. The summed E-state index contributed by atoms with van der Waals surface area (Å²) in [4.78, 5) is 11.5. The molecule has 0 aliphatic carbocycles. The fourth-order valence-corrected chi connectivity index (χ4v) is 3.42. The van der Waals surface area contributed by atoms with Crippen molar-refractivity contribution in [2.45, 2.75) is 18.9 Å². The van der Waals surface area contributed by atoms with Gasteiger partial charge in [0.05, 0.1) is 17.9 Å². The molecule has 0 aromatic carbocycles. The van der Waals surface area contributed by atoms with Crippen LogP contribution >= 0.6 is 0 Å². The molecule has 0 bridgehead atoms. The molecule has 1 aromatic heterocycles. The molecule has 0 spiro atoms. The number of hydrogen-bond acceptors (Lipinski definition) is 4. The molecule has 0 saturated carbocycles. The van der Waals surface area contributed by atoms with E-state index in [1.54, 1.807) is 12.3 Å². The van der Waals surface area contributed by atoms with Crippen molar-refractivity contribution in [1.29, 1.82) is 0 Å². The summed E-state index contributed by atoms with van der Waals surface area (Å²) in [6, 6.07) is 1.48. The first-order valence-corrected chi connectivity index (χ1v) is 6.85. The Hall–Kier alpha value is -1.37. The Balaban J connectivity index is 1.85. The standard InChI is InChI=1S/C9H13N3O3S/c13-9(5-7-1-3-10-12-7)11-8-2-4-16(14,15)6-8/h1,3,8H,2,4-6H2,(H,10,12)(H,11,13). The van der Waals surface area contributed by atoms with Gasteiger partial charge in [0.25, 0.3) is 0 Å². The number of H-pyrrole nitrogens is 1. The van der Waals surface area contributed by atoms with Crippen molar-refractivity contribution in [2.24, 2.45) is 0 Å². The van der Waals surface area contributed by atoms with Gasteiger partial charge in [0.15, 0.2) is 9.84 Å². The highest BCUT2D eigenvalue weighted by Gasteiger charge is 2.28. The Morgan fingerprint density at radius 3 is 3.00 bits per heavy atom. The van der Waals surface area contributed by atoms with Gasteiger partial charge >= 0.3 is 0 Å². The van der Waals surface area contributed by atoms with Crippen LogP contribution in [0, 0.1) is 0 Å². The van der Waals surface area contributed by atoms with E-state index in [-0.39, 0.29) is 29.9 Å². The Labute approximate surface area is 93.3 Å². The molecule has 1 aliphatic rings. The Morgan fingerprint density at radius 1 is 1.62 bits per heavy atom. The van der Waals surface area contributed by atoms with Crippen molar-refractivity contribution in [2.75, 3.05) is 11.5 Å². The lowest BCUT2D eigenvalue weighted by molar-refractivity contribution is -0.121. The van der Waals surface area contributed by atoms with Gasteiger partial charge in [0.1, 0.15) is 0 Å². The summed E-state index contributed by atoms with van der Waals surface area (Å²) in [6.07, 6.45) is 2.29. The van der Waals surface area contributed by atoms with Crippen molar-refractivity contribution in [1.82, 2.24) is 15.5 Å². The molecule has 7 heteroatoms. The highest BCUT2D eigenvalue weighted by atomic mass is 32.2. The zero-order chi connectivity index (χ0) is 11.6. The predicted octanol–water partition coefficient (Wildman–Crippen LogP) is -0.744. The Morgan fingerprint density at radius 2 is 2.44 bits per heavy atom. The minimum absolute atomic E-state index is 0.0573. The zero-order valence-corrected chi connectivity index (χ0v) is 9.46. The Bertz CT molecular complexity index is 466. The van der Waals surface area contributed by atoms with Crippen molar-refractivity contribution in [3.63, 3.8) is 0 Å². The summed E-state index contributed by atoms with van der Waals surface area (Å²) < 4.78 is 22.3. The summed E-state index contributed by atoms with van der Waals surface area (Å²) in [5.74, 6) is 0.0512. The molecule has 2 N–H and O–H groups in total. The average Bonchev–Trinajstić information content (AvgIpc) is 2.76. The van der Waals surface area contributed by atoms with Crippen molar-refractivity contribution >= 4 is 15.7 Å². The zero-order valence-electron chi connectivity index (χ0n) is 8.64. The molecule has 88 valence electrons. The van der Waals surface area contributed by atoms with E-state index < -0.39 is 9.84 Å². The summed E-state index contributed by atoms with van der Waals surface area (Å²) in [6.45, 7) is 0. The van der Waals surface area contributed by atoms with E-state index >= 15 is 0 Å². The van der Waals surface area contributed by atoms with Gasteiger partial charge in [-0.25, -0.2) is 8.42 Å². The number of nitrogens with zero attached hydrogens (tertiary/aromatic N) is 1. The summed E-state index contributed by atoms with van der Waals surface area (Å²) in [5.41, 5.74) is 0.721. The van der Waals surface area contributed by atoms with Crippen molar-refractivity contribution in [3.8, 4) is 0 Å². The SMILES string of the molecule is O=C(Cc1ccn[nH]1)NC1CCS(=O)(=O)C1. The second kappa shape index (κ2) is 4.25. The van der Waals surface area contributed by atoms with Crippen molar-refractivity contribution in [3.05, 3.63) is 18.0 Å². The maximum Gasteiger partial charge on any atom is 0.226 e. The molecule has 2 heterocycles. The number of aromatic nitrogens is 2. The second-order valence-electron chi connectivity index (χ2n) is 3.93. The maximum absolute atomic E-state index is 11.5. The lowest BCUT2D eigenvalue weighted by Gasteiger charge is -2.09. The van der Waals surface area contributed by atoms with Gasteiger partial charge in [0, 0.05) is 17.9 Å². The first-order valence-electron chi connectivity index (χ1n) is 5.03. The molecular formula is C9H13N3O3S. The number of hydrogen-bond donors (Lipinski definition) is 2. The maximum atomic E-state index is 11.5. The molecule has 6 nitrogen and oxygen atoms in total. The average molecular weight is 243 g/mol. The van der Waals surface area contributed by atoms with E-state index in [0.717, 1.165) is 5.69 Å². The van der Waals surface area contributed by atoms with E-state index in [9.17, 15) is 13.2 Å². The molecule has 1 amide bonds. The normalized spacial score (nSPS) is 23.1. The van der Waals surface area contributed by atoms with Gasteiger partial charge in [-0.15, -0.1) is 0 Å². The number of nitrogens with one attached hydrogen (secondary N) is 2. The molecule has 2 rings (SSSR count). The summed E-state index contributed by atoms with van der Waals surface area (Å²) in [5, 5.41) is 9.12. The lowest BCUT2D eigenvalue weighted by Crippen LogP contribution is -2.36. The third-order valence-corrected chi connectivity index (χ3v) is 4.27. The van der Waals surface area contributed by atoms with E-state index in [4.69, 9.17) is 0 Å². The van der Waals surface area contributed by atoms with Crippen LogP contribution in [-0.2, 0) is 21.1 Å². The number of sulfone groups is 1. The van der Waals surface area contributed by atoms with Gasteiger partial charge in [-0.05, 0) is 12.5 Å². The van der Waals surface area contributed by atoms with E-state index in [1.807, 2.05) is 0 Å². The molecule has 16 heavy (non-hydrogen) atoms. The van der Waals surface area contributed by atoms with Crippen LogP contribution < -0.4 is 5.32 Å². The highest BCUT2D eigenvalue weighted by molar-refractivity contribution is 7.91. The van der Waals surface area contributed by atoms with Gasteiger partial charge in [-0.2, -0.15) is 5.10 Å². The third kappa shape index (κ3) is 2.82. The lowest BCUT2D eigenvalue weighted by atomic mass is 10.2. The number of aromatic amines is 1. The van der Waals surface area contributed by atoms with Gasteiger partial charge in [-0.3, -0.25) is 9.89 Å². The van der Waals surface area contributed by atoms with E-state index in [1.165, 1.54) is 0 Å². The molecular weight excluding hydrogens is 230 g/mol. The molecule has 1 saturated heterocycles. The summed E-state index contributed by atoms with van der Waals surface area (Å²) >= 11 is 0. The topological polar surface area (TPSA) is 91.9 Å². The van der Waals surface area contributed by atoms with Gasteiger partial charge in [0.2, 0.25) is 5.91 Å². The number of amides is 1. The number of carbonyl (C=O) groups excluding carboxylic acids is 1. The van der Waals surface area contributed by atoms with Crippen LogP contribution in [0.2, 0.25) is 0 Å². The van der Waals surface area contributed by atoms with Crippen LogP contribution in [-0.4, -0.2) is 42.1 Å². The largest absolute Gasteiger partial charge is 0.352 e. The molecule has 1 aromatic rings. The molecule has 1 aliphatic heterocycles. The third-order valence-electron chi connectivity index (χ3n) is 2.51. The molecule has 1 atom stereocenters. The first-order chi connectivity index (χ1) is 7.55. The van der Waals surface area contributed by atoms with Crippen LogP contribution in [0.5, 0.6) is 0 Å². The van der Waals surface area contributed by atoms with Crippen LogP contribution in [0.1, 0.15) is 12.1 Å².